The van der Waals surface area contributed by atoms with Crippen LogP contribution in [0, 0.1) is 0 Å². The summed E-state index contributed by atoms with van der Waals surface area (Å²) in [4.78, 5) is 2.58. The van der Waals surface area contributed by atoms with Crippen molar-refractivity contribution in [3.63, 3.8) is 0 Å². The summed E-state index contributed by atoms with van der Waals surface area (Å²) in [6.45, 7) is 9.94. The normalized spacial score (nSPS) is 29.5. The molecular weight excluding hydrogens is 232 g/mol. The minimum Gasteiger partial charge on any atom is -0.306 e. The first kappa shape index (κ1) is 14.3. The molecule has 2 nitrogen and oxygen atoms in total. The van der Waals surface area contributed by atoms with Gasteiger partial charge in [-0.05, 0) is 39.3 Å². The largest absolute Gasteiger partial charge is 0.306 e. The molecule has 0 radical (unpaired) electrons. The third kappa shape index (κ3) is 3.46. The van der Waals surface area contributed by atoms with Gasteiger partial charge in [0.1, 0.15) is 0 Å². The molecule has 0 aliphatic carbocycles. The molecule has 1 aromatic rings. The van der Waals surface area contributed by atoms with E-state index >= 15 is 0 Å². The van der Waals surface area contributed by atoms with E-state index < -0.39 is 0 Å². The van der Waals surface area contributed by atoms with Gasteiger partial charge in [0.2, 0.25) is 0 Å². The predicted molar refractivity (Wildman–Crippen MR) is 82.3 cm³/mol. The molecule has 2 unspecified atom stereocenters. The van der Waals surface area contributed by atoms with E-state index in [4.69, 9.17) is 0 Å². The molecular formula is C17H26N2. The molecule has 0 spiro atoms. The molecule has 104 valence electrons. The molecule has 2 rings (SSSR count). The Morgan fingerprint density at radius 3 is 2.79 bits per heavy atom. The Bertz CT molecular complexity index is 413. The van der Waals surface area contributed by atoms with Crippen molar-refractivity contribution in [3.05, 3.63) is 48.0 Å². The van der Waals surface area contributed by atoms with Crippen LogP contribution in [-0.2, 0) is 5.54 Å². The topological polar surface area (TPSA) is 15.3 Å². The molecule has 1 N–H and O–H groups in total. The van der Waals surface area contributed by atoms with Crippen molar-refractivity contribution in [2.75, 3.05) is 19.6 Å². The fourth-order valence-electron chi connectivity index (χ4n) is 2.84. The van der Waals surface area contributed by atoms with Gasteiger partial charge in [-0.25, -0.2) is 0 Å². The zero-order valence-corrected chi connectivity index (χ0v) is 12.4. The Kier molecular flexibility index (Phi) is 4.78. The van der Waals surface area contributed by atoms with E-state index in [0.717, 1.165) is 19.6 Å². The third-order valence-electron chi connectivity index (χ3n) is 4.21. The van der Waals surface area contributed by atoms with E-state index in [-0.39, 0.29) is 5.54 Å². The summed E-state index contributed by atoms with van der Waals surface area (Å²) in [5.41, 5.74) is 1.43. The van der Waals surface area contributed by atoms with Crippen LogP contribution in [-0.4, -0.2) is 30.6 Å². The van der Waals surface area contributed by atoms with Crippen LogP contribution in [0.25, 0.3) is 0 Å². The van der Waals surface area contributed by atoms with Crippen molar-refractivity contribution in [2.24, 2.45) is 0 Å². The summed E-state index contributed by atoms with van der Waals surface area (Å²) in [5, 5.41) is 3.75. The van der Waals surface area contributed by atoms with Crippen LogP contribution in [0.3, 0.4) is 0 Å². The van der Waals surface area contributed by atoms with Gasteiger partial charge in [-0.3, -0.25) is 4.90 Å². The smallest absolute Gasteiger partial charge is 0.0535 e. The lowest BCUT2D eigenvalue weighted by Crippen LogP contribution is -2.47. The Morgan fingerprint density at radius 2 is 2.11 bits per heavy atom. The molecule has 2 heteroatoms. The molecule has 0 bridgehead atoms. The van der Waals surface area contributed by atoms with Crippen molar-refractivity contribution in [3.8, 4) is 0 Å². The van der Waals surface area contributed by atoms with E-state index in [1.165, 1.54) is 12.0 Å². The zero-order chi connectivity index (χ0) is 13.7. The summed E-state index contributed by atoms with van der Waals surface area (Å²) >= 11 is 0. The lowest BCUT2D eigenvalue weighted by Gasteiger charge is -2.35. The van der Waals surface area contributed by atoms with Crippen LogP contribution in [0.4, 0.5) is 0 Å². The van der Waals surface area contributed by atoms with Gasteiger partial charge in [-0.1, -0.05) is 42.5 Å². The van der Waals surface area contributed by atoms with Crippen molar-refractivity contribution >= 4 is 0 Å². The van der Waals surface area contributed by atoms with Gasteiger partial charge in [-0.2, -0.15) is 0 Å². The lowest BCUT2D eigenvalue weighted by molar-refractivity contribution is 0.192. The number of benzene rings is 1. The van der Waals surface area contributed by atoms with Gasteiger partial charge in [0.15, 0.2) is 0 Å². The van der Waals surface area contributed by atoms with Gasteiger partial charge in [0, 0.05) is 19.1 Å². The maximum Gasteiger partial charge on any atom is 0.0535 e. The zero-order valence-electron chi connectivity index (χ0n) is 12.4. The molecule has 1 heterocycles. The highest BCUT2D eigenvalue weighted by Crippen LogP contribution is 2.25. The van der Waals surface area contributed by atoms with Gasteiger partial charge < -0.3 is 5.32 Å². The molecule has 1 aliphatic rings. The number of nitrogens with one attached hydrogen (secondary N) is 1. The Hall–Kier alpha value is -1.12. The molecule has 1 aliphatic heterocycles. The van der Waals surface area contributed by atoms with Crippen LogP contribution >= 0.6 is 0 Å². The van der Waals surface area contributed by atoms with Crippen LogP contribution in [0.5, 0.6) is 0 Å². The summed E-state index contributed by atoms with van der Waals surface area (Å²) in [5.74, 6) is 0. The molecule has 2 atom stereocenters. The average molecular weight is 258 g/mol. The minimum atomic E-state index is 0.0492. The highest BCUT2D eigenvalue weighted by molar-refractivity contribution is 5.24. The maximum absolute atomic E-state index is 3.75. The first-order valence-corrected chi connectivity index (χ1v) is 7.31. The molecule has 1 aromatic carbocycles. The van der Waals surface area contributed by atoms with Crippen LogP contribution in [0.15, 0.2) is 42.5 Å². The molecule has 0 saturated carbocycles. The summed E-state index contributed by atoms with van der Waals surface area (Å²) in [6, 6.07) is 11.5. The second kappa shape index (κ2) is 6.36. The Balaban J connectivity index is 2.20. The van der Waals surface area contributed by atoms with Crippen LogP contribution < -0.4 is 5.32 Å². The number of allylic oxidation sites excluding steroid dienone is 1. The highest BCUT2D eigenvalue weighted by atomic mass is 15.2. The third-order valence-corrected chi connectivity index (χ3v) is 4.21. The molecule has 19 heavy (non-hydrogen) atoms. The first-order valence-electron chi connectivity index (χ1n) is 7.31. The van der Waals surface area contributed by atoms with E-state index in [1.807, 2.05) is 0 Å². The lowest BCUT2D eigenvalue weighted by atomic mass is 9.91. The van der Waals surface area contributed by atoms with Gasteiger partial charge >= 0.3 is 0 Å². The summed E-state index contributed by atoms with van der Waals surface area (Å²) < 4.78 is 0. The van der Waals surface area contributed by atoms with Crippen molar-refractivity contribution in [1.29, 1.82) is 0 Å². The number of hydrogen-bond donors (Lipinski definition) is 1. The fourth-order valence-corrected chi connectivity index (χ4v) is 2.84. The van der Waals surface area contributed by atoms with Crippen molar-refractivity contribution < 1.29 is 0 Å². The SMILES string of the molecule is C/C=C/CN1CC(C)(c2ccccc2)NCCC1C. The average Bonchev–Trinajstić information content (AvgIpc) is 2.58. The predicted octanol–water partition coefficient (Wildman–Crippen LogP) is 3.16. The van der Waals surface area contributed by atoms with E-state index in [0.29, 0.717) is 6.04 Å². The van der Waals surface area contributed by atoms with Crippen LogP contribution in [0.1, 0.15) is 32.8 Å². The second-order valence-corrected chi connectivity index (χ2v) is 5.76. The standard InChI is InChI=1S/C17H26N2/c1-4-5-13-19-14-17(3,18-12-11-15(19)2)16-9-7-6-8-10-16/h4-10,15,18H,11-14H2,1-3H3/b5-4+. The Labute approximate surface area is 117 Å². The first-order chi connectivity index (χ1) is 9.15. The number of nitrogens with zero attached hydrogens (tertiary/aromatic N) is 1. The molecule has 1 saturated heterocycles. The minimum absolute atomic E-state index is 0.0492. The molecule has 0 aromatic heterocycles. The van der Waals surface area contributed by atoms with Crippen molar-refractivity contribution in [2.45, 2.75) is 38.8 Å². The van der Waals surface area contributed by atoms with E-state index in [2.05, 4.69) is 73.5 Å². The van der Waals surface area contributed by atoms with E-state index in [9.17, 15) is 0 Å². The maximum atomic E-state index is 3.75. The van der Waals surface area contributed by atoms with Crippen molar-refractivity contribution in [1.82, 2.24) is 10.2 Å². The number of rotatable bonds is 3. The second-order valence-electron chi connectivity index (χ2n) is 5.76. The monoisotopic (exact) mass is 258 g/mol. The number of hydrogen-bond acceptors (Lipinski definition) is 2. The van der Waals surface area contributed by atoms with Gasteiger partial charge in [-0.15, -0.1) is 0 Å². The van der Waals surface area contributed by atoms with Gasteiger partial charge in [0.25, 0.3) is 0 Å². The highest BCUT2D eigenvalue weighted by Gasteiger charge is 2.32. The quantitative estimate of drug-likeness (QED) is 0.838. The van der Waals surface area contributed by atoms with E-state index in [1.54, 1.807) is 0 Å². The Morgan fingerprint density at radius 1 is 1.37 bits per heavy atom. The molecule has 1 fully saturated rings. The van der Waals surface area contributed by atoms with Gasteiger partial charge in [0.05, 0.1) is 5.54 Å². The summed E-state index contributed by atoms with van der Waals surface area (Å²) in [7, 11) is 0. The fraction of sp³-hybridized carbons (Fsp3) is 0.529. The van der Waals surface area contributed by atoms with Crippen LogP contribution in [0.2, 0.25) is 0 Å². The molecule has 0 amide bonds. The summed E-state index contributed by atoms with van der Waals surface area (Å²) in [6.07, 6.45) is 5.61.